The number of rotatable bonds is 8. The minimum Gasteiger partial charge on any atom is -0.494 e. The van der Waals surface area contributed by atoms with Gasteiger partial charge in [0.1, 0.15) is 5.75 Å². The van der Waals surface area contributed by atoms with E-state index in [0.29, 0.717) is 13.2 Å². The Morgan fingerprint density at radius 3 is 2.70 bits per heavy atom. The molecule has 3 rings (SSSR count). The number of hydrogen-bond donors (Lipinski definition) is 2. The molecule has 3 aromatic rings. The highest BCUT2D eigenvalue weighted by Crippen LogP contribution is 2.16. The molecule has 0 aliphatic rings. The molecule has 0 aliphatic heterocycles. The number of guanidine groups is 1. The minimum absolute atomic E-state index is 0.588. The van der Waals surface area contributed by atoms with Gasteiger partial charge in [-0.05, 0) is 37.1 Å². The van der Waals surface area contributed by atoms with Crippen LogP contribution in [0.3, 0.4) is 0 Å². The Hall–Kier alpha value is -3.08. The summed E-state index contributed by atoms with van der Waals surface area (Å²) in [6.45, 7) is 4.94. The van der Waals surface area contributed by atoms with E-state index in [-0.39, 0.29) is 0 Å². The molecule has 0 unspecified atom stereocenters. The van der Waals surface area contributed by atoms with Gasteiger partial charge in [-0.1, -0.05) is 42.5 Å². The molecule has 27 heavy (non-hydrogen) atoms. The molecule has 2 aromatic carbocycles. The maximum absolute atomic E-state index is 5.72. The van der Waals surface area contributed by atoms with Crippen molar-refractivity contribution in [3.05, 3.63) is 72.4 Å². The first-order valence-corrected chi connectivity index (χ1v) is 9.39. The molecule has 140 valence electrons. The number of aromatic nitrogens is 1. The van der Waals surface area contributed by atoms with Gasteiger partial charge in [-0.3, -0.25) is 4.98 Å². The zero-order chi connectivity index (χ0) is 18.7. The van der Waals surface area contributed by atoms with Gasteiger partial charge in [-0.2, -0.15) is 0 Å². The number of hydrogen-bond acceptors (Lipinski definition) is 3. The second-order valence-electron chi connectivity index (χ2n) is 6.13. The van der Waals surface area contributed by atoms with Crippen molar-refractivity contribution in [1.82, 2.24) is 15.6 Å². The number of para-hydroxylation sites is 2. The van der Waals surface area contributed by atoms with E-state index in [2.05, 4.69) is 46.8 Å². The van der Waals surface area contributed by atoms with E-state index >= 15 is 0 Å². The van der Waals surface area contributed by atoms with E-state index in [1.807, 2.05) is 42.6 Å². The third kappa shape index (κ3) is 5.71. The number of ether oxygens (including phenoxy) is 1. The number of nitrogens with one attached hydrogen (secondary N) is 2. The molecule has 5 heteroatoms. The number of aliphatic imine (C=N–C) groups is 1. The quantitative estimate of drug-likeness (QED) is 0.364. The summed E-state index contributed by atoms with van der Waals surface area (Å²) in [5.41, 5.74) is 2.13. The SMILES string of the molecule is CCNC(=NCc1cccc2cccnc12)NCCCOc1ccccc1. The lowest BCUT2D eigenvalue weighted by Crippen LogP contribution is -2.38. The van der Waals surface area contributed by atoms with Gasteiger partial charge in [0.25, 0.3) is 0 Å². The van der Waals surface area contributed by atoms with E-state index in [0.717, 1.165) is 47.7 Å². The number of nitrogens with zero attached hydrogens (tertiary/aromatic N) is 2. The largest absolute Gasteiger partial charge is 0.494 e. The van der Waals surface area contributed by atoms with Crippen molar-refractivity contribution in [2.45, 2.75) is 19.9 Å². The second kappa shape index (κ2) is 10.2. The van der Waals surface area contributed by atoms with Crippen LogP contribution in [0.4, 0.5) is 0 Å². The van der Waals surface area contributed by atoms with Gasteiger partial charge in [0.15, 0.2) is 5.96 Å². The summed E-state index contributed by atoms with van der Waals surface area (Å²) >= 11 is 0. The molecule has 0 aliphatic carbocycles. The summed E-state index contributed by atoms with van der Waals surface area (Å²) < 4.78 is 5.72. The van der Waals surface area contributed by atoms with E-state index < -0.39 is 0 Å². The zero-order valence-corrected chi connectivity index (χ0v) is 15.7. The van der Waals surface area contributed by atoms with Gasteiger partial charge < -0.3 is 15.4 Å². The number of pyridine rings is 1. The van der Waals surface area contributed by atoms with Crippen LogP contribution in [0.25, 0.3) is 10.9 Å². The molecule has 5 nitrogen and oxygen atoms in total. The van der Waals surface area contributed by atoms with E-state index in [4.69, 9.17) is 9.73 Å². The monoisotopic (exact) mass is 362 g/mol. The van der Waals surface area contributed by atoms with Crippen molar-refractivity contribution >= 4 is 16.9 Å². The van der Waals surface area contributed by atoms with Crippen LogP contribution in [0.2, 0.25) is 0 Å². The van der Waals surface area contributed by atoms with Crippen molar-refractivity contribution in [3.8, 4) is 5.75 Å². The lowest BCUT2D eigenvalue weighted by molar-refractivity contribution is 0.311. The molecule has 0 atom stereocenters. The number of benzene rings is 2. The molecule has 1 heterocycles. The van der Waals surface area contributed by atoms with Crippen LogP contribution in [0.1, 0.15) is 18.9 Å². The van der Waals surface area contributed by atoms with Gasteiger partial charge in [0.2, 0.25) is 0 Å². The zero-order valence-electron chi connectivity index (χ0n) is 15.7. The maximum atomic E-state index is 5.72. The summed E-state index contributed by atoms with van der Waals surface area (Å²) in [6.07, 6.45) is 2.72. The summed E-state index contributed by atoms with van der Waals surface area (Å²) in [6, 6.07) is 20.1. The van der Waals surface area contributed by atoms with Crippen molar-refractivity contribution in [2.24, 2.45) is 4.99 Å². The first-order valence-electron chi connectivity index (χ1n) is 9.39. The Balaban J connectivity index is 1.51. The molecule has 0 saturated heterocycles. The highest BCUT2D eigenvalue weighted by Gasteiger charge is 2.02. The molecule has 1 aromatic heterocycles. The predicted octanol–water partition coefficient (Wildman–Crippen LogP) is 3.76. The summed E-state index contributed by atoms with van der Waals surface area (Å²) in [5, 5.41) is 7.79. The molecular formula is C22H26N4O. The Bertz CT molecular complexity index is 859. The standard InChI is InChI=1S/C22H26N4O/c1-2-23-22(25-15-8-16-27-20-12-4-3-5-13-20)26-17-19-10-6-9-18-11-7-14-24-21(18)19/h3-7,9-14H,2,8,15-17H2,1H3,(H2,23,25,26). The predicted molar refractivity (Wildman–Crippen MR) is 111 cm³/mol. The molecule has 0 bridgehead atoms. The molecular weight excluding hydrogens is 336 g/mol. The molecule has 0 amide bonds. The van der Waals surface area contributed by atoms with Crippen LogP contribution < -0.4 is 15.4 Å². The van der Waals surface area contributed by atoms with Gasteiger partial charge in [-0.15, -0.1) is 0 Å². The maximum Gasteiger partial charge on any atom is 0.191 e. The summed E-state index contributed by atoms with van der Waals surface area (Å²) in [5.74, 6) is 1.71. The van der Waals surface area contributed by atoms with Crippen LogP contribution in [-0.2, 0) is 6.54 Å². The topological polar surface area (TPSA) is 58.5 Å². The Morgan fingerprint density at radius 2 is 1.85 bits per heavy atom. The van der Waals surface area contributed by atoms with Crippen molar-refractivity contribution < 1.29 is 4.74 Å². The molecule has 0 saturated carbocycles. The fourth-order valence-electron chi connectivity index (χ4n) is 2.79. The Kier molecular flexibility index (Phi) is 7.04. The third-order valence-electron chi connectivity index (χ3n) is 4.09. The fourth-order valence-corrected chi connectivity index (χ4v) is 2.79. The van der Waals surface area contributed by atoms with Crippen molar-refractivity contribution in [2.75, 3.05) is 19.7 Å². The van der Waals surface area contributed by atoms with Gasteiger partial charge in [0, 0.05) is 24.7 Å². The normalized spacial score (nSPS) is 11.4. The smallest absolute Gasteiger partial charge is 0.191 e. The van der Waals surface area contributed by atoms with Crippen LogP contribution in [-0.4, -0.2) is 30.6 Å². The molecule has 0 radical (unpaired) electrons. The first-order chi connectivity index (χ1) is 13.4. The summed E-state index contributed by atoms with van der Waals surface area (Å²) in [4.78, 5) is 9.20. The Morgan fingerprint density at radius 1 is 1.00 bits per heavy atom. The number of fused-ring (bicyclic) bond motifs is 1. The average Bonchev–Trinajstić information content (AvgIpc) is 2.72. The van der Waals surface area contributed by atoms with Crippen LogP contribution in [0, 0.1) is 0 Å². The van der Waals surface area contributed by atoms with Gasteiger partial charge >= 0.3 is 0 Å². The summed E-state index contributed by atoms with van der Waals surface area (Å²) in [7, 11) is 0. The lowest BCUT2D eigenvalue weighted by Gasteiger charge is -2.12. The molecule has 2 N–H and O–H groups in total. The van der Waals surface area contributed by atoms with E-state index in [9.17, 15) is 0 Å². The van der Waals surface area contributed by atoms with Gasteiger partial charge in [-0.25, -0.2) is 4.99 Å². The average molecular weight is 362 g/mol. The fraction of sp³-hybridized carbons (Fsp3) is 0.273. The first kappa shape index (κ1) is 18.7. The van der Waals surface area contributed by atoms with E-state index in [1.165, 1.54) is 0 Å². The van der Waals surface area contributed by atoms with Gasteiger partial charge in [0.05, 0.1) is 18.7 Å². The highest BCUT2D eigenvalue weighted by atomic mass is 16.5. The highest BCUT2D eigenvalue weighted by molar-refractivity contribution is 5.83. The van der Waals surface area contributed by atoms with Crippen LogP contribution in [0.15, 0.2) is 71.9 Å². The van der Waals surface area contributed by atoms with Crippen molar-refractivity contribution in [1.29, 1.82) is 0 Å². The van der Waals surface area contributed by atoms with Crippen LogP contribution >= 0.6 is 0 Å². The van der Waals surface area contributed by atoms with E-state index in [1.54, 1.807) is 0 Å². The van der Waals surface area contributed by atoms with Crippen LogP contribution in [0.5, 0.6) is 5.75 Å². The lowest BCUT2D eigenvalue weighted by atomic mass is 10.1. The third-order valence-corrected chi connectivity index (χ3v) is 4.09. The Labute approximate surface area is 160 Å². The second-order valence-corrected chi connectivity index (χ2v) is 6.13. The van der Waals surface area contributed by atoms with Crippen molar-refractivity contribution in [3.63, 3.8) is 0 Å². The minimum atomic E-state index is 0.588. The molecule has 0 spiro atoms. The molecule has 0 fully saturated rings.